The fraction of sp³-hybridized carbons (Fsp3) is 0.571. The molecule has 1 rings (SSSR count). The largest absolute Gasteiger partial charge is 0.388 e. The topological polar surface area (TPSA) is 20.2 Å². The third-order valence-corrected chi connectivity index (χ3v) is 4.23. The molecule has 0 saturated carbocycles. The molecule has 1 nitrogen and oxygen atoms in total. The van der Waals surface area contributed by atoms with Crippen LogP contribution in [0.1, 0.15) is 57.1 Å². The zero-order valence-corrected chi connectivity index (χ0v) is 12.6. The first kappa shape index (κ1) is 15.0. The molecule has 17 heavy (non-hydrogen) atoms. The number of aliphatic hydroxyl groups excluding tert-OH is 1. The van der Waals surface area contributed by atoms with Gasteiger partial charge in [-0.2, -0.15) is 0 Å². The van der Waals surface area contributed by atoms with Gasteiger partial charge in [0.05, 0.1) is 11.1 Å². The van der Waals surface area contributed by atoms with Crippen molar-refractivity contribution in [2.75, 3.05) is 0 Å². The van der Waals surface area contributed by atoms with Crippen molar-refractivity contribution in [2.24, 2.45) is 0 Å². The molecule has 0 aliphatic heterocycles. The van der Waals surface area contributed by atoms with Crippen molar-refractivity contribution in [1.82, 2.24) is 0 Å². The van der Waals surface area contributed by atoms with Crippen LogP contribution < -0.4 is 0 Å². The van der Waals surface area contributed by atoms with Crippen molar-refractivity contribution in [3.05, 3.63) is 33.3 Å². The normalized spacial score (nSPS) is 12.7. The maximum atomic E-state index is 10.1. The van der Waals surface area contributed by atoms with Crippen molar-refractivity contribution in [3.8, 4) is 0 Å². The quantitative estimate of drug-likeness (QED) is 0.658. The van der Waals surface area contributed by atoms with Crippen molar-refractivity contribution >= 4 is 27.5 Å². The van der Waals surface area contributed by atoms with Crippen LogP contribution in [0.3, 0.4) is 0 Å². The molecule has 1 atom stereocenters. The van der Waals surface area contributed by atoms with Gasteiger partial charge in [-0.1, -0.05) is 62.8 Å². The highest BCUT2D eigenvalue weighted by Gasteiger charge is 2.12. The molecule has 1 aromatic rings. The molecule has 0 aromatic heterocycles. The maximum absolute atomic E-state index is 10.1. The predicted molar refractivity (Wildman–Crippen MR) is 77.5 cm³/mol. The minimum absolute atomic E-state index is 0.443. The lowest BCUT2D eigenvalue weighted by Crippen LogP contribution is -1.98. The first-order valence-corrected chi connectivity index (χ1v) is 7.46. The summed E-state index contributed by atoms with van der Waals surface area (Å²) in [5.74, 6) is 0. The van der Waals surface area contributed by atoms with Crippen LogP contribution in [0.4, 0.5) is 0 Å². The Bertz CT molecular complexity index is 341. The number of benzene rings is 1. The van der Waals surface area contributed by atoms with Gasteiger partial charge in [-0.3, -0.25) is 0 Å². The highest BCUT2D eigenvalue weighted by molar-refractivity contribution is 9.10. The van der Waals surface area contributed by atoms with Crippen LogP contribution in [0, 0.1) is 0 Å². The van der Waals surface area contributed by atoms with Crippen molar-refractivity contribution in [3.63, 3.8) is 0 Å². The maximum Gasteiger partial charge on any atom is 0.0804 e. The second-order valence-electron chi connectivity index (χ2n) is 4.36. The van der Waals surface area contributed by atoms with Gasteiger partial charge in [0.2, 0.25) is 0 Å². The number of unbranched alkanes of at least 4 members (excludes halogenated alkanes) is 4. The van der Waals surface area contributed by atoms with Crippen LogP contribution in [0.2, 0.25) is 5.02 Å². The third-order valence-electron chi connectivity index (χ3n) is 2.92. The van der Waals surface area contributed by atoms with Gasteiger partial charge in [0, 0.05) is 10.0 Å². The molecule has 0 amide bonds. The molecule has 0 saturated heterocycles. The zero-order chi connectivity index (χ0) is 12.7. The van der Waals surface area contributed by atoms with E-state index in [0.29, 0.717) is 5.02 Å². The molecule has 0 bridgehead atoms. The van der Waals surface area contributed by atoms with Gasteiger partial charge in [0.15, 0.2) is 0 Å². The molecule has 0 fully saturated rings. The molecule has 1 N–H and O–H groups in total. The summed E-state index contributed by atoms with van der Waals surface area (Å²) in [4.78, 5) is 0. The summed E-state index contributed by atoms with van der Waals surface area (Å²) in [5.41, 5.74) is 0.830. The fourth-order valence-electron chi connectivity index (χ4n) is 1.87. The minimum atomic E-state index is -0.443. The van der Waals surface area contributed by atoms with E-state index < -0.39 is 6.10 Å². The van der Waals surface area contributed by atoms with Crippen LogP contribution in [-0.2, 0) is 0 Å². The average Bonchev–Trinajstić information content (AvgIpc) is 2.32. The molecule has 3 heteroatoms. The Morgan fingerprint density at radius 2 is 1.94 bits per heavy atom. The van der Waals surface area contributed by atoms with Crippen LogP contribution in [0.15, 0.2) is 22.7 Å². The highest BCUT2D eigenvalue weighted by atomic mass is 79.9. The minimum Gasteiger partial charge on any atom is -0.388 e. The molecule has 0 aliphatic rings. The summed E-state index contributed by atoms with van der Waals surface area (Å²) in [5, 5.41) is 10.7. The molecule has 0 radical (unpaired) electrons. The van der Waals surface area contributed by atoms with E-state index in [1.165, 1.54) is 25.7 Å². The van der Waals surface area contributed by atoms with Gasteiger partial charge in [-0.05, 0) is 28.4 Å². The fourth-order valence-corrected chi connectivity index (χ4v) is 2.51. The molecular weight excluding hydrogens is 300 g/mol. The molecule has 96 valence electrons. The van der Waals surface area contributed by atoms with Gasteiger partial charge in [-0.25, -0.2) is 0 Å². The molecule has 1 aromatic carbocycles. The lowest BCUT2D eigenvalue weighted by Gasteiger charge is -2.13. The van der Waals surface area contributed by atoms with E-state index in [0.717, 1.165) is 22.9 Å². The van der Waals surface area contributed by atoms with E-state index in [4.69, 9.17) is 11.6 Å². The predicted octanol–water partition coefficient (Wildman–Crippen LogP) is 5.50. The monoisotopic (exact) mass is 318 g/mol. The number of hydrogen-bond donors (Lipinski definition) is 1. The van der Waals surface area contributed by atoms with Gasteiger partial charge in [0.25, 0.3) is 0 Å². The summed E-state index contributed by atoms with van der Waals surface area (Å²) in [6, 6.07) is 5.69. The van der Waals surface area contributed by atoms with Crippen LogP contribution in [-0.4, -0.2) is 5.11 Å². The Labute approximate surface area is 117 Å². The summed E-state index contributed by atoms with van der Waals surface area (Å²) < 4.78 is 0.849. The van der Waals surface area contributed by atoms with Gasteiger partial charge >= 0.3 is 0 Å². The molecular formula is C14H20BrClO. The first-order valence-electron chi connectivity index (χ1n) is 6.28. The lowest BCUT2D eigenvalue weighted by atomic mass is 10.0. The summed E-state index contributed by atoms with van der Waals surface area (Å²) in [7, 11) is 0. The van der Waals surface area contributed by atoms with E-state index in [9.17, 15) is 5.11 Å². The van der Waals surface area contributed by atoms with Crippen LogP contribution in [0.25, 0.3) is 0 Å². The third kappa shape index (κ3) is 4.99. The smallest absolute Gasteiger partial charge is 0.0804 e. The summed E-state index contributed by atoms with van der Waals surface area (Å²) in [6.45, 7) is 2.20. The van der Waals surface area contributed by atoms with Crippen molar-refractivity contribution < 1.29 is 5.11 Å². The van der Waals surface area contributed by atoms with Gasteiger partial charge in [-0.15, -0.1) is 0 Å². The Morgan fingerprint density at radius 3 is 2.65 bits per heavy atom. The highest BCUT2D eigenvalue weighted by Crippen LogP contribution is 2.32. The van der Waals surface area contributed by atoms with E-state index in [1.807, 2.05) is 18.2 Å². The Morgan fingerprint density at radius 1 is 1.24 bits per heavy atom. The first-order chi connectivity index (χ1) is 8.16. The molecule has 0 aliphatic carbocycles. The second-order valence-corrected chi connectivity index (χ2v) is 5.59. The SMILES string of the molecule is CCCCCCCC(O)c1cccc(Br)c1Cl. The number of halogens is 2. The van der Waals surface area contributed by atoms with E-state index in [1.54, 1.807) is 0 Å². The molecule has 0 spiro atoms. The number of hydrogen-bond acceptors (Lipinski definition) is 1. The Kier molecular flexibility index (Phi) is 7.17. The van der Waals surface area contributed by atoms with E-state index in [-0.39, 0.29) is 0 Å². The van der Waals surface area contributed by atoms with Crippen LogP contribution >= 0.6 is 27.5 Å². The van der Waals surface area contributed by atoms with Crippen LogP contribution in [0.5, 0.6) is 0 Å². The molecule has 0 heterocycles. The number of rotatable bonds is 7. The van der Waals surface area contributed by atoms with Gasteiger partial charge in [0.1, 0.15) is 0 Å². The van der Waals surface area contributed by atoms with E-state index >= 15 is 0 Å². The van der Waals surface area contributed by atoms with Crippen molar-refractivity contribution in [2.45, 2.75) is 51.6 Å². The van der Waals surface area contributed by atoms with Crippen molar-refractivity contribution in [1.29, 1.82) is 0 Å². The standard InChI is InChI=1S/C14H20BrClO/c1-2-3-4-5-6-10-13(17)11-8-7-9-12(15)14(11)16/h7-9,13,17H,2-6,10H2,1H3. The average molecular weight is 320 g/mol. The summed E-state index contributed by atoms with van der Waals surface area (Å²) in [6.07, 6.45) is 6.39. The zero-order valence-electron chi connectivity index (χ0n) is 10.3. The van der Waals surface area contributed by atoms with Gasteiger partial charge < -0.3 is 5.11 Å². The Balaban J connectivity index is 2.41. The van der Waals surface area contributed by atoms with E-state index in [2.05, 4.69) is 22.9 Å². The lowest BCUT2D eigenvalue weighted by molar-refractivity contribution is 0.163. The second kappa shape index (κ2) is 8.12. The number of aliphatic hydroxyl groups is 1. The Hall–Kier alpha value is -0.0500. The molecule has 1 unspecified atom stereocenters. The summed E-state index contributed by atoms with van der Waals surface area (Å²) >= 11 is 9.52.